The number of pyridine rings is 1. The molecule has 0 saturated heterocycles. The molecule has 188 valence electrons. The molecule has 1 aliphatic rings. The molecule has 5 rings (SSSR count). The lowest BCUT2D eigenvalue weighted by Crippen LogP contribution is -2.15. The quantitative estimate of drug-likeness (QED) is 0.275. The number of hydrogen-bond acceptors (Lipinski definition) is 5. The molecule has 6 nitrogen and oxygen atoms in total. The summed E-state index contributed by atoms with van der Waals surface area (Å²) in [5, 5.41) is 5.06. The van der Waals surface area contributed by atoms with Crippen molar-refractivity contribution < 1.29 is 19.1 Å². The van der Waals surface area contributed by atoms with E-state index in [4.69, 9.17) is 9.47 Å². The van der Waals surface area contributed by atoms with Gasteiger partial charge in [-0.25, -0.2) is 9.78 Å². The summed E-state index contributed by atoms with van der Waals surface area (Å²) in [5.74, 6) is 0.982. The average Bonchev–Trinajstić information content (AvgIpc) is 2.94. The van der Waals surface area contributed by atoms with Crippen molar-refractivity contribution in [2.75, 3.05) is 12.4 Å². The zero-order valence-electron chi connectivity index (χ0n) is 20.9. The zero-order valence-corrected chi connectivity index (χ0v) is 20.9. The number of nitrogens with one attached hydrogen (secondary N) is 1. The topological polar surface area (TPSA) is 77.5 Å². The highest BCUT2D eigenvalue weighted by Crippen LogP contribution is 2.30. The minimum atomic E-state index is -0.520. The van der Waals surface area contributed by atoms with Crippen LogP contribution in [0.4, 0.5) is 5.69 Å². The maximum atomic E-state index is 12.7. The predicted molar refractivity (Wildman–Crippen MR) is 144 cm³/mol. The number of para-hydroxylation sites is 1. The van der Waals surface area contributed by atoms with Crippen molar-refractivity contribution >= 4 is 28.3 Å². The van der Waals surface area contributed by atoms with Gasteiger partial charge in [0.15, 0.2) is 0 Å². The average molecular weight is 495 g/mol. The van der Waals surface area contributed by atoms with Crippen molar-refractivity contribution in [3.63, 3.8) is 0 Å². The van der Waals surface area contributed by atoms with Gasteiger partial charge < -0.3 is 14.8 Å². The predicted octanol–water partition coefficient (Wildman–Crippen LogP) is 7.19. The van der Waals surface area contributed by atoms with Crippen LogP contribution in [0.5, 0.6) is 11.6 Å². The largest absolute Gasteiger partial charge is 0.465 e. The van der Waals surface area contributed by atoms with E-state index >= 15 is 0 Å². The fourth-order valence-corrected chi connectivity index (χ4v) is 4.96. The van der Waals surface area contributed by atoms with Crippen LogP contribution in [0.3, 0.4) is 0 Å². The summed E-state index contributed by atoms with van der Waals surface area (Å²) in [5.41, 5.74) is 2.40. The smallest absolute Gasteiger partial charge is 0.339 e. The molecular formula is C31H30N2O4. The van der Waals surface area contributed by atoms with Gasteiger partial charge in [0.25, 0.3) is 5.91 Å². The summed E-state index contributed by atoms with van der Waals surface area (Å²) < 4.78 is 10.7. The minimum Gasteiger partial charge on any atom is -0.465 e. The summed E-state index contributed by atoms with van der Waals surface area (Å²) in [6.07, 6.45) is 9.41. The number of carbonyl (C=O) groups is 2. The van der Waals surface area contributed by atoms with Crippen LogP contribution >= 0.6 is 0 Å². The Kier molecular flexibility index (Phi) is 7.45. The first kappa shape index (κ1) is 24.5. The van der Waals surface area contributed by atoms with Crippen LogP contribution in [-0.4, -0.2) is 24.0 Å². The molecule has 1 fully saturated rings. The molecule has 0 spiro atoms. The lowest BCUT2D eigenvalue weighted by atomic mass is 9.84. The molecule has 1 amide bonds. The lowest BCUT2D eigenvalue weighted by Gasteiger charge is -2.21. The number of amides is 1. The summed E-state index contributed by atoms with van der Waals surface area (Å²) in [6, 6.07) is 22.7. The van der Waals surface area contributed by atoms with Crippen molar-refractivity contribution in [3.8, 4) is 11.6 Å². The molecule has 1 aliphatic carbocycles. The minimum absolute atomic E-state index is 0.281. The Labute approximate surface area is 216 Å². The van der Waals surface area contributed by atoms with E-state index in [1.807, 2.05) is 12.1 Å². The van der Waals surface area contributed by atoms with Crippen LogP contribution in [-0.2, 0) is 11.2 Å². The Morgan fingerprint density at radius 2 is 1.70 bits per heavy atom. The monoisotopic (exact) mass is 494 g/mol. The number of carbonyl (C=O) groups excluding carboxylic acids is 2. The molecule has 1 heterocycles. The van der Waals surface area contributed by atoms with Gasteiger partial charge in [0, 0.05) is 12.3 Å². The van der Waals surface area contributed by atoms with Crippen LogP contribution < -0.4 is 10.1 Å². The molecule has 0 atom stereocenters. The Morgan fingerprint density at radius 3 is 2.49 bits per heavy atom. The number of esters is 1. The first-order valence-electron chi connectivity index (χ1n) is 12.7. The molecule has 6 heteroatoms. The Balaban J connectivity index is 1.24. The maximum absolute atomic E-state index is 12.7. The third-order valence-electron chi connectivity index (χ3n) is 6.93. The molecule has 0 aliphatic heterocycles. The van der Waals surface area contributed by atoms with Crippen molar-refractivity contribution in [1.29, 1.82) is 0 Å². The molecule has 1 saturated carbocycles. The van der Waals surface area contributed by atoms with Gasteiger partial charge in [-0.1, -0.05) is 68.5 Å². The number of ether oxygens (including phenoxy) is 2. The van der Waals surface area contributed by atoms with E-state index < -0.39 is 5.97 Å². The van der Waals surface area contributed by atoms with Gasteiger partial charge >= 0.3 is 5.97 Å². The summed E-state index contributed by atoms with van der Waals surface area (Å²) in [4.78, 5) is 28.9. The Bertz CT molecular complexity index is 1410. The van der Waals surface area contributed by atoms with Crippen LogP contribution in [0.15, 0.2) is 79.0 Å². The molecule has 37 heavy (non-hydrogen) atoms. The highest BCUT2D eigenvalue weighted by Gasteiger charge is 2.16. The number of aromatic nitrogens is 1. The number of fused-ring (bicyclic) bond motifs is 1. The SMILES string of the molecule is COC(=O)c1ccccc1NC(=O)c1ccc(Oc2ccc3cc(CC4CCCCC4)ccc3c2)nc1. The first-order valence-corrected chi connectivity index (χ1v) is 12.7. The second-order valence-corrected chi connectivity index (χ2v) is 9.53. The number of rotatable bonds is 7. The van der Waals surface area contributed by atoms with Gasteiger partial charge in [-0.15, -0.1) is 0 Å². The standard InChI is InChI=1S/C31H30N2O4/c1-36-31(35)27-9-5-6-10-28(27)33-30(34)25-14-16-29(32-20-25)37-26-15-13-23-18-22(11-12-24(23)19-26)17-21-7-3-2-4-8-21/h5-6,9-16,18-21H,2-4,7-8,17H2,1H3,(H,33,34). The van der Waals surface area contributed by atoms with E-state index in [1.165, 1.54) is 56.4 Å². The van der Waals surface area contributed by atoms with Gasteiger partial charge in [0.2, 0.25) is 5.88 Å². The molecule has 1 N–H and O–H groups in total. The third-order valence-corrected chi connectivity index (χ3v) is 6.93. The summed E-state index contributed by atoms with van der Waals surface area (Å²) in [6.45, 7) is 0. The lowest BCUT2D eigenvalue weighted by molar-refractivity contribution is 0.0602. The second kappa shape index (κ2) is 11.2. The van der Waals surface area contributed by atoms with Gasteiger partial charge in [-0.2, -0.15) is 0 Å². The van der Waals surface area contributed by atoms with E-state index in [0.717, 1.165) is 17.7 Å². The molecule has 4 aromatic rings. The second-order valence-electron chi connectivity index (χ2n) is 9.53. The van der Waals surface area contributed by atoms with E-state index in [0.29, 0.717) is 22.9 Å². The molecule has 0 unspecified atom stereocenters. The van der Waals surface area contributed by atoms with Crippen molar-refractivity contribution in [2.24, 2.45) is 5.92 Å². The third kappa shape index (κ3) is 5.97. The highest BCUT2D eigenvalue weighted by molar-refractivity contribution is 6.07. The van der Waals surface area contributed by atoms with Gasteiger partial charge in [-0.05, 0) is 59.0 Å². The molecule has 3 aromatic carbocycles. The number of methoxy groups -OCH3 is 1. The molecular weight excluding hydrogens is 464 g/mol. The van der Waals surface area contributed by atoms with Gasteiger partial charge in [0.1, 0.15) is 5.75 Å². The van der Waals surface area contributed by atoms with Gasteiger partial charge in [-0.3, -0.25) is 4.79 Å². The Morgan fingerprint density at radius 1 is 0.919 bits per heavy atom. The van der Waals surface area contributed by atoms with Gasteiger partial charge in [0.05, 0.1) is 23.9 Å². The fourth-order valence-electron chi connectivity index (χ4n) is 4.96. The van der Waals surface area contributed by atoms with E-state index in [-0.39, 0.29) is 11.5 Å². The van der Waals surface area contributed by atoms with Crippen molar-refractivity contribution in [3.05, 3.63) is 95.7 Å². The fraction of sp³-hybridized carbons (Fsp3) is 0.258. The summed E-state index contributed by atoms with van der Waals surface area (Å²) in [7, 11) is 1.30. The molecule has 0 radical (unpaired) electrons. The zero-order chi connectivity index (χ0) is 25.6. The van der Waals surface area contributed by atoms with Crippen LogP contribution in [0.25, 0.3) is 10.8 Å². The van der Waals surface area contributed by atoms with E-state index in [2.05, 4.69) is 34.6 Å². The number of hydrogen-bond donors (Lipinski definition) is 1. The van der Waals surface area contributed by atoms with Crippen LogP contribution in [0.1, 0.15) is 58.4 Å². The Hall–Kier alpha value is -4.19. The number of benzene rings is 3. The molecule has 0 bridgehead atoms. The number of anilines is 1. The normalized spacial score (nSPS) is 13.8. The van der Waals surface area contributed by atoms with Crippen LogP contribution in [0, 0.1) is 5.92 Å². The maximum Gasteiger partial charge on any atom is 0.339 e. The first-order chi connectivity index (χ1) is 18.1. The van der Waals surface area contributed by atoms with Crippen molar-refractivity contribution in [1.82, 2.24) is 4.98 Å². The van der Waals surface area contributed by atoms with E-state index in [1.54, 1.807) is 36.4 Å². The molecule has 1 aromatic heterocycles. The van der Waals surface area contributed by atoms with Crippen molar-refractivity contribution in [2.45, 2.75) is 38.5 Å². The highest BCUT2D eigenvalue weighted by atomic mass is 16.5. The van der Waals surface area contributed by atoms with Crippen LogP contribution in [0.2, 0.25) is 0 Å². The number of nitrogens with zero attached hydrogens (tertiary/aromatic N) is 1. The van der Waals surface area contributed by atoms with E-state index in [9.17, 15) is 9.59 Å². The summed E-state index contributed by atoms with van der Waals surface area (Å²) >= 11 is 0.